The van der Waals surface area contributed by atoms with Crippen LogP contribution in [-0.2, 0) is 13.0 Å². The summed E-state index contributed by atoms with van der Waals surface area (Å²) in [6.45, 7) is 2.81. The number of aromatic amines is 1. The van der Waals surface area contributed by atoms with E-state index in [2.05, 4.69) is 15.2 Å². The smallest absolute Gasteiger partial charge is 0.254 e. The minimum absolute atomic E-state index is 0.139. The molecular weight excluding hydrogens is 403 g/mol. The number of carbonyl (C=O) groups is 1. The first-order chi connectivity index (χ1) is 14.5. The van der Waals surface area contributed by atoms with E-state index in [9.17, 15) is 9.18 Å². The number of halogens is 2. The van der Waals surface area contributed by atoms with Crippen LogP contribution < -0.4 is 0 Å². The van der Waals surface area contributed by atoms with Crippen molar-refractivity contribution in [1.29, 1.82) is 0 Å². The molecule has 30 heavy (non-hydrogen) atoms. The van der Waals surface area contributed by atoms with Gasteiger partial charge in [-0.2, -0.15) is 5.10 Å². The number of aryl methyl sites for hydroxylation is 1. The molecule has 0 spiro atoms. The van der Waals surface area contributed by atoms with E-state index in [1.807, 2.05) is 31.2 Å². The Morgan fingerprint density at radius 3 is 2.90 bits per heavy atom. The zero-order valence-corrected chi connectivity index (χ0v) is 17.0. The summed E-state index contributed by atoms with van der Waals surface area (Å²) >= 11 is 6.15. The number of hydrogen-bond donors (Lipinski definition) is 1. The molecule has 7 heteroatoms. The second-order valence-corrected chi connectivity index (χ2v) is 7.93. The Bertz CT molecular complexity index is 1300. The molecule has 2 aromatic carbocycles. The Hall–Kier alpha value is -3.25. The fraction of sp³-hybridized carbons (Fsp3) is 0.174. The molecule has 1 aliphatic rings. The standard InChI is InChI=1S/C23H18ClFN4O/c1-13-9-18(17-11-16(25)5-6-20(17)26-13)23(30)29-8-7-21-19(12-29)22(28-27-21)14-3-2-4-15(24)10-14/h2-6,9-11H,7-8,12H2,1H3,(H,27,28). The van der Waals surface area contributed by atoms with Crippen LogP contribution in [0.15, 0.2) is 48.5 Å². The van der Waals surface area contributed by atoms with Gasteiger partial charge in [-0.3, -0.25) is 14.9 Å². The highest BCUT2D eigenvalue weighted by atomic mass is 35.5. The summed E-state index contributed by atoms with van der Waals surface area (Å²) in [4.78, 5) is 19.6. The van der Waals surface area contributed by atoms with Crippen LogP contribution in [0.4, 0.5) is 4.39 Å². The highest BCUT2D eigenvalue weighted by Crippen LogP contribution is 2.31. The first-order valence-electron chi connectivity index (χ1n) is 9.68. The van der Waals surface area contributed by atoms with Gasteiger partial charge >= 0.3 is 0 Å². The second-order valence-electron chi connectivity index (χ2n) is 7.49. The number of hydrogen-bond acceptors (Lipinski definition) is 3. The highest BCUT2D eigenvalue weighted by Gasteiger charge is 2.27. The molecule has 2 aromatic heterocycles. The van der Waals surface area contributed by atoms with Gasteiger partial charge in [0.05, 0.1) is 16.8 Å². The van der Waals surface area contributed by atoms with Gasteiger partial charge in [-0.1, -0.05) is 23.7 Å². The van der Waals surface area contributed by atoms with Crippen molar-refractivity contribution in [3.63, 3.8) is 0 Å². The van der Waals surface area contributed by atoms with E-state index in [1.54, 1.807) is 17.0 Å². The maximum Gasteiger partial charge on any atom is 0.254 e. The van der Waals surface area contributed by atoms with Crippen LogP contribution in [0.25, 0.3) is 22.2 Å². The van der Waals surface area contributed by atoms with Gasteiger partial charge in [0.1, 0.15) is 5.82 Å². The molecule has 1 N–H and O–H groups in total. The van der Waals surface area contributed by atoms with E-state index < -0.39 is 0 Å². The Labute approximate surface area is 177 Å². The third kappa shape index (κ3) is 3.23. The quantitative estimate of drug-likeness (QED) is 0.500. The van der Waals surface area contributed by atoms with Gasteiger partial charge in [0.25, 0.3) is 5.91 Å². The number of aromatic nitrogens is 3. The Balaban J connectivity index is 1.53. The number of amides is 1. The molecular formula is C23H18ClFN4O. The summed E-state index contributed by atoms with van der Waals surface area (Å²) in [5.74, 6) is -0.527. The fourth-order valence-electron chi connectivity index (χ4n) is 4.02. The van der Waals surface area contributed by atoms with Crippen LogP contribution >= 0.6 is 11.6 Å². The van der Waals surface area contributed by atoms with E-state index in [1.165, 1.54) is 12.1 Å². The van der Waals surface area contributed by atoms with Crippen molar-refractivity contribution < 1.29 is 9.18 Å². The predicted octanol–water partition coefficient (Wildman–Crippen LogP) is 4.92. The second kappa shape index (κ2) is 7.22. The molecule has 0 atom stereocenters. The van der Waals surface area contributed by atoms with Crippen molar-refractivity contribution in [2.75, 3.05) is 6.54 Å². The monoisotopic (exact) mass is 420 g/mol. The summed E-state index contributed by atoms with van der Waals surface area (Å²) in [7, 11) is 0. The molecule has 0 saturated heterocycles. The van der Waals surface area contributed by atoms with Gasteiger partial charge in [-0.05, 0) is 43.3 Å². The van der Waals surface area contributed by atoms with Gasteiger partial charge in [0.2, 0.25) is 0 Å². The van der Waals surface area contributed by atoms with E-state index in [0.29, 0.717) is 41.0 Å². The van der Waals surface area contributed by atoms with Crippen molar-refractivity contribution in [1.82, 2.24) is 20.1 Å². The largest absolute Gasteiger partial charge is 0.334 e. The summed E-state index contributed by atoms with van der Waals surface area (Å²) in [5, 5.41) is 8.73. The topological polar surface area (TPSA) is 61.9 Å². The third-order valence-corrected chi connectivity index (χ3v) is 5.68. The minimum Gasteiger partial charge on any atom is -0.334 e. The van der Waals surface area contributed by atoms with Crippen LogP contribution in [0, 0.1) is 12.7 Å². The van der Waals surface area contributed by atoms with Crippen molar-refractivity contribution in [3.8, 4) is 11.3 Å². The zero-order chi connectivity index (χ0) is 20.8. The SMILES string of the molecule is Cc1cc(C(=O)N2CCc3[nH]nc(-c4cccc(Cl)c4)c3C2)c2cc(F)ccc2n1. The van der Waals surface area contributed by atoms with Crippen molar-refractivity contribution in [2.45, 2.75) is 19.9 Å². The average molecular weight is 421 g/mol. The fourth-order valence-corrected chi connectivity index (χ4v) is 4.21. The molecule has 0 fully saturated rings. The van der Waals surface area contributed by atoms with Gasteiger partial charge < -0.3 is 4.90 Å². The molecule has 0 radical (unpaired) electrons. The van der Waals surface area contributed by atoms with Gasteiger partial charge in [-0.25, -0.2) is 4.39 Å². The number of pyridine rings is 1. The molecule has 5 rings (SSSR count). The summed E-state index contributed by atoms with van der Waals surface area (Å²) < 4.78 is 13.9. The van der Waals surface area contributed by atoms with Crippen LogP contribution in [0.2, 0.25) is 5.02 Å². The Morgan fingerprint density at radius 2 is 2.07 bits per heavy atom. The third-order valence-electron chi connectivity index (χ3n) is 5.45. The van der Waals surface area contributed by atoms with Gasteiger partial charge in [0, 0.05) is 52.4 Å². The van der Waals surface area contributed by atoms with Crippen LogP contribution in [0.5, 0.6) is 0 Å². The van der Waals surface area contributed by atoms with Crippen molar-refractivity contribution in [3.05, 3.63) is 81.9 Å². The van der Waals surface area contributed by atoms with Gasteiger partial charge in [0.15, 0.2) is 0 Å². The normalized spacial score (nSPS) is 13.5. The van der Waals surface area contributed by atoms with Crippen LogP contribution in [0.1, 0.15) is 27.3 Å². The molecule has 1 aliphatic heterocycles. The molecule has 3 heterocycles. The summed E-state index contributed by atoms with van der Waals surface area (Å²) in [6.07, 6.45) is 0.672. The maximum absolute atomic E-state index is 13.9. The zero-order valence-electron chi connectivity index (χ0n) is 16.2. The molecule has 0 unspecified atom stereocenters. The number of benzene rings is 2. The molecule has 4 aromatic rings. The molecule has 0 saturated carbocycles. The van der Waals surface area contributed by atoms with Crippen LogP contribution in [-0.4, -0.2) is 32.5 Å². The lowest BCUT2D eigenvalue weighted by atomic mass is 9.99. The first-order valence-corrected chi connectivity index (χ1v) is 10.1. The Morgan fingerprint density at radius 1 is 1.20 bits per heavy atom. The van der Waals surface area contributed by atoms with E-state index >= 15 is 0 Å². The first kappa shape index (κ1) is 18.8. The lowest BCUT2D eigenvalue weighted by Gasteiger charge is -2.28. The number of fused-ring (bicyclic) bond motifs is 2. The van der Waals surface area contributed by atoms with E-state index in [-0.39, 0.29) is 11.7 Å². The summed E-state index contributed by atoms with van der Waals surface area (Å²) in [6, 6.07) is 13.6. The number of carbonyl (C=O) groups excluding carboxylic acids is 1. The number of nitrogens with one attached hydrogen (secondary N) is 1. The highest BCUT2D eigenvalue weighted by molar-refractivity contribution is 6.30. The molecule has 0 bridgehead atoms. The minimum atomic E-state index is -0.388. The molecule has 1 amide bonds. The van der Waals surface area contributed by atoms with Crippen molar-refractivity contribution in [2.24, 2.45) is 0 Å². The lowest BCUT2D eigenvalue weighted by molar-refractivity contribution is 0.0736. The average Bonchev–Trinajstić information content (AvgIpc) is 3.16. The van der Waals surface area contributed by atoms with Crippen molar-refractivity contribution >= 4 is 28.4 Å². The Kier molecular flexibility index (Phi) is 4.51. The van der Waals surface area contributed by atoms with Crippen LogP contribution in [0.3, 0.4) is 0 Å². The molecule has 5 nitrogen and oxygen atoms in total. The number of H-pyrrole nitrogens is 1. The number of rotatable bonds is 2. The van der Waals surface area contributed by atoms with E-state index in [0.717, 1.165) is 28.2 Å². The number of nitrogens with zero attached hydrogens (tertiary/aromatic N) is 3. The maximum atomic E-state index is 13.9. The predicted molar refractivity (Wildman–Crippen MR) is 114 cm³/mol. The summed E-state index contributed by atoms with van der Waals surface area (Å²) in [5.41, 5.74) is 5.51. The van der Waals surface area contributed by atoms with E-state index in [4.69, 9.17) is 11.6 Å². The molecule has 150 valence electrons. The lowest BCUT2D eigenvalue weighted by Crippen LogP contribution is -2.36. The van der Waals surface area contributed by atoms with Gasteiger partial charge in [-0.15, -0.1) is 0 Å². The molecule has 0 aliphatic carbocycles.